The van der Waals surface area contributed by atoms with E-state index in [-0.39, 0.29) is 22.8 Å². The summed E-state index contributed by atoms with van der Waals surface area (Å²) in [5, 5.41) is 4.07. The van der Waals surface area contributed by atoms with Crippen LogP contribution in [0.3, 0.4) is 0 Å². The zero-order valence-corrected chi connectivity index (χ0v) is 14.3. The quantitative estimate of drug-likeness (QED) is 0.876. The van der Waals surface area contributed by atoms with Gasteiger partial charge in [0, 0.05) is 12.2 Å². The van der Waals surface area contributed by atoms with E-state index >= 15 is 0 Å². The zero-order valence-electron chi connectivity index (χ0n) is 13.4. The molecule has 0 spiro atoms. The lowest BCUT2D eigenvalue weighted by atomic mass is 10.3. The number of benzene rings is 1. The molecule has 0 saturated carbocycles. The van der Waals surface area contributed by atoms with Gasteiger partial charge >= 0.3 is 0 Å². The van der Waals surface area contributed by atoms with Crippen LogP contribution < -0.4 is 9.46 Å². The summed E-state index contributed by atoms with van der Waals surface area (Å²) in [4.78, 5) is -0.247. The average molecular weight is 341 g/mol. The predicted molar refractivity (Wildman–Crippen MR) is 85.6 cm³/mol. The van der Waals surface area contributed by atoms with Gasteiger partial charge in [-0.1, -0.05) is 0 Å². The van der Waals surface area contributed by atoms with E-state index in [0.29, 0.717) is 5.69 Å². The Morgan fingerprint density at radius 1 is 1.26 bits per heavy atom. The van der Waals surface area contributed by atoms with Gasteiger partial charge in [0.2, 0.25) is 0 Å². The van der Waals surface area contributed by atoms with Crippen LogP contribution in [-0.4, -0.2) is 24.3 Å². The molecule has 0 atom stereocenters. The third-order valence-electron chi connectivity index (χ3n) is 2.94. The standard InChI is InChI=1S/C15H20FN3O3S/c1-10(2)19-9-13(8-17-19)18-23(20,21)15-7-12(16)5-6-14(15)22-11(3)4/h5-11,18H,1-4H3. The van der Waals surface area contributed by atoms with Gasteiger partial charge < -0.3 is 4.74 Å². The van der Waals surface area contributed by atoms with Gasteiger partial charge in [-0.05, 0) is 45.9 Å². The number of sulfonamides is 1. The van der Waals surface area contributed by atoms with Crippen LogP contribution in [0.5, 0.6) is 5.75 Å². The monoisotopic (exact) mass is 341 g/mol. The molecule has 0 aliphatic heterocycles. The highest BCUT2D eigenvalue weighted by Crippen LogP contribution is 2.27. The number of nitrogens with one attached hydrogen (secondary N) is 1. The SMILES string of the molecule is CC(C)Oc1ccc(F)cc1S(=O)(=O)Nc1cnn(C(C)C)c1. The molecule has 0 radical (unpaired) electrons. The summed E-state index contributed by atoms with van der Waals surface area (Å²) in [7, 11) is -3.99. The van der Waals surface area contributed by atoms with E-state index in [9.17, 15) is 12.8 Å². The molecule has 126 valence electrons. The second-order valence-corrected chi connectivity index (χ2v) is 7.32. The van der Waals surface area contributed by atoms with Gasteiger partial charge in [0.25, 0.3) is 10.0 Å². The van der Waals surface area contributed by atoms with E-state index in [4.69, 9.17) is 4.74 Å². The van der Waals surface area contributed by atoms with Crippen molar-refractivity contribution in [3.8, 4) is 5.75 Å². The van der Waals surface area contributed by atoms with E-state index in [1.54, 1.807) is 24.7 Å². The number of hydrogen-bond acceptors (Lipinski definition) is 4. The third-order valence-corrected chi connectivity index (χ3v) is 4.34. The fourth-order valence-corrected chi connectivity index (χ4v) is 3.10. The first-order valence-corrected chi connectivity index (χ1v) is 8.70. The second-order valence-electron chi connectivity index (χ2n) is 5.67. The lowest BCUT2D eigenvalue weighted by Gasteiger charge is -2.15. The minimum atomic E-state index is -3.99. The zero-order chi connectivity index (χ0) is 17.2. The first-order chi connectivity index (χ1) is 10.7. The lowest BCUT2D eigenvalue weighted by Crippen LogP contribution is -2.16. The summed E-state index contributed by atoms with van der Waals surface area (Å²) in [6, 6.07) is 3.50. The summed E-state index contributed by atoms with van der Waals surface area (Å²) in [5.41, 5.74) is 0.304. The molecule has 0 aliphatic carbocycles. The average Bonchev–Trinajstić information content (AvgIpc) is 2.88. The number of anilines is 1. The first-order valence-electron chi connectivity index (χ1n) is 7.22. The van der Waals surface area contributed by atoms with Crippen LogP contribution in [0.1, 0.15) is 33.7 Å². The number of halogens is 1. The van der Waals surface area contributed by atoms with Crippen LogP contribution in [0.4, 0.5) is 10.1 Å². The van der Waals surface area contributed by atoms with E-state index < -0.39 is 15.8 Å². The molecule has 1 N–H and O–H groups in total. The van der Waals surface area contributed by atoms with Crippen LogP contribution in [-0.2, 0) is 10.0 Å². The van der Waals surface area contributed by atoms with Crippen molar-refractivity contribution in [1.82, 2.24) is 9.78 Å². The maximum absolute atomic E-state index is 13.5. The van der Waals surface area contributed by atoms with Gasteiger partial charge in [0.15, 0.2) is 0 Å². The van der Waals surface area contributed by atoms with Crippen LogP contribution >= 0.6 is 0 Å². The molecule has 6 nitrogen and oxygen atoms in total. The highest BCUT2D eigenvalue weighted by molar-refractivity contribution is 7.92. The molecule has 2 rings (SSSR count). The Balaban J connectivity index is 2.36. The van der Waals surface area contributed by atoms with Gasteiger partial charge in [-0.15, -0.1) is 0 Å². The molecule has 1 aromatic heterocycles. The molecule has 2 aromatic rings. The molecule has 0 unspecified atom stereocenters. The summed E-state index contributed by atoms with van der Waals surface area (Å²) in [6.45, 7) is 7.37. The topological polar surface area (TPSA) is 73.2 Å². The third kappa shape index (κ3) is 4.22. The smallest absolute Gasteiger partial charge is 0.265 e. The summed E-state index contributed by atoms with van der Waals surface area (Å²) < 4.78 is 48.1. The fraction of sp³-hybridized carbons (Fsp3) is 0.400. The van der Waals surface area contributed by atoms with E-state index in [1.807, 2.05) is 13.8 Å². The summed E-state index contributed by atoms with van der Waals surface area (Å²) in [5.74, 6) is -0.551. The number of aromatic nitrogens is 2. The Labute approximate surface area is 135 Å². The minimum Gasteiger partial charge on any atom is -0.490 e. The van der Waals surface area contributed by atoms with Gasteiger partial charge in [-0.2, -0.15) is 5.10 Å². The molecule has 0 bridgehead atoms. The predicted octanol–water partition coefficient (Wildman–Crippen LogP) is 3.19. The minimum absolute atomic E-state index is 0.0993. The highest BCUT2D eigenvalue weighted by atomic mass is 32.2. The Bertz CT molecular complexity index is 785. The number of nitrogens with zero attached hydrogens (tertiary/aromatic N) is 2. The van der Waals surface area contributed by atoms with E-state index in [2.05, 4.69) is 9.82 Å². The molecule has 8 heteroatoms. The van der Waals surface area contributed by atoms with Gasteiger partial charge in [-0.3, -0.25) is 9.40 Å². The Morgan fingerprint density at radius 3 is 2.52 bits per heavy atom. The normalized spacial score (nSPS) is 12.0. The molecule has 0 saturated heterocycles. The summed E-state index contributed by atoms with van der Waals surface area (Å²) >= 11 is 0. The second kappa shape index (κ2) is 6.57. The Kier molecular flexibility index (Phi) is 4.93. The molecule has 1 heterocycles. The maximum Gasteiger partial charge on any atom is 0.265 e. The van der Waals surface area contributed by atoms with Crippen LogP contribution in [0.25, 0.3) is 0 Å². The van der Waals surface area contributed by atoms with Crippen molar-refractivity contribution in [2.45, 2.75) is 44.7 Å². The summed E-state index contributed by atoms with van der Waals surface area (Å²) in [6.07, 6.45) is 2.74. The first kappa shape index (κ1) is 17.3. The number of ether oxygens (including phenoxy) is 1. The Morgan fingerprint density at radius 2 is 1.96 bits per heavy atom. The molecular weight excluding hydrogens is 321 g/mol. The van der Waals surface area contributed by atoms with Crippen molar-refractivity contribution in [2.75, 3.05) is 4.72 Å². The Hall–Kier alpha value is -2.09. The van der Waals surface area contributed by atoms with E-state index in [1.165, 1.54) is 12.3 Å². The lowest BCUT2D eigenvalue weighted by molar-refractivity contribution is 0.235. The van der Waals surface area contributed by atoms with Crippen molar-refractivity contribution < 1.29 is 17.5 Å². The van der Waals surface area contributed by atoms with Gasteiger partial charge in [0.1, 0.15) is 16.5 Å². The maximum atomic E-state index is 13.5. The van der Waals surface area contributed by atoms with Crippen molar-refractivity contribution in [1.29, 1.82) is 0 Å². The fourth-order valence-electron chi connectivity index (χ4n) is 1.93. The number of rotatable bonds is 6. The van der Waals surface area contributed by atoms with Crippen molar-refractivity contribution in [3.05, 3.63) is 36.4 Å². The van der Waals surface area contributed by atoms with Crippen LogP contribution in [0, 0.1) is 5.82 Å². The van der Waals surface area contributed by atoms with Crippen molar-refractivity contribution in [3.63, 3.8) is 0 Å². The van der Waals surface area contributed by atoms with Crippen LogP contribution in [0.2, 0.25) is 0 Å². The van der Waals surface area contributed by atoms with Crippen molar-refractivity contribution >= 4 is 15.7 Å². The molecule has 23 heavy (non-hydrogen) atoms. The molecule has 1 aromatic carbocycles. The van der Waals surface area contributed by atoms with E-state index in [0.717, 1.165) is 12.1 Å². The van der Waals surface area contributed by atoms with Gasteiger partial charge in [0.05, 0.1) is 18.0 Å². The molecular formula is C15H20FN3O3S. The molecule has 0 amide bonds. The molecule has 0 fully saturated rings. The number of hydrogen-bond donors (Lipinski definition) is 1. The molecule has 0 aliphatic rings. The highest BCUT2D eigenvalue weighted by Gasteiger charge is 2.22. The van der Waals surface area contributed by atoms with Gasteiger partial charge in [-0.25, -0.2) is 12.8 Å². The van der Waals surface area contributed by atoms with Crippen LogP contribution in [0.15, 0.2) is 35.5 Å². The largest absolute Gasteiger partial charge is 0.490 e. The van der Waals surface area contributed by atoms with Crippen molar-refractivity contribution in [2.24, 2.45) is 0 Å².